The Morgan fingerprint density at radius 2 is 1.24 bits per heavy atom. The molecule has 13 N–H and O–H groups in total. The molecule has 36 atom stereocenters. The predicted octanol–water partition coefficient (Wildman–Crippen LogP) is -1.66. The number of methoxy groups -OCH3 is 1. The molecule has 0 aromatic rings. The van der Waals surface area contributed by atoms with Crippen molar-refractivity contribution in [3.8, 4) is 0 Å². The Morgan fingerprint density at radius 3 is 1.92 bits per heavy atom. The number of ether oxygens (including phenoxy) is 13. The van der Waals surface area contributed by atoms with Gasteiger partial charge in [-0.2, -0.15) is 0 Å². The smallest absolute Gasteiger partial charge is 0.302 e. The average molecular weight is 1270 g/mol. The zero-order valence-corrected chi connectivity index (χ0v) is 51.9. The molecule has 6 heterocycles. The first kappa shape index (κ1) is 69.1. The molecule has 0 spiro atoms. The lowest BCUT2D eigenvalue weighted by molar-refractivity contribution is -0.399. The number of esters is 1. The summed E-state index contributed by atoms with van der Waals surface area (Å²) < 4.78 is 80.4. The Kier molecular flexibility index (Phi) is 21.6. The van der Waals surface area contributed by atoms with Crippen LogP contribution in [0, 0.1) is 52.3 Å². The van der Waals surface area contributed by atoms with Crippen molar-refractivity contribution in [2.45, 2.75) is 279 Å². The van der Waals surface area contributed by atoms with Gasteiger partial charge in [-0.05, 0) is 106 Å². The van der Waals surface area contributed by atoms with E-state index in [9.17, 15) is 71.2 Å². The third-order valence-electron chi connectivity index (χ3n) is 22.6. The zero-order valence-electron chi connectivity index (χ0n) is 51.9. The summed E-state index contributed by atoms with van der Waals surface area (Å²) >= 11 is 0. The quantitative estimate of drug-likeness (QED) is 0.0509. The predicted molar refractivity (Wildman–Crippen MR) is 299 cm³/mol. The van der Waals surface area contributed by atoms with Gasteiger partial charge in [-0.15, -0.1) is 0 Å². The average Bonchev–Trinajstić information content (AvgIpc) is 1.55. The zero-order chi connectivity index (χ0) is 63.8. The number of aliphatic hydroxyl groups excluding tert-OH is 13. The van der Waals surface area contributed by atoms with Crippen LogP contribution in [-0.4, -0.2) is 271 Å². The van der Waals surface area contributed by atoms with Gasteiger partial charge in [0.2, 0.25) is 0 Å². The minimum atomic E-state index is -1.92. The third kappa shape index (κ3) is 12.8. The van der Waals surface area contributed by atoms with E-state index in [1.807, 2.05) is 6.92 Å². The minimum Gasteiger partial charge on any atom is -0.463 e. The normalized spacial score (nSPS) is 53.3. The van der Waals surface area contributed by atoms with Gasteiger partial charge in [-0.3, -0.25) is 4.79 Å². The maximum atomic E-state index is 12.3. The van der Waals surface area contributed by atoms with Gasteiger partial charge in [0.25, 0.3) is 0 Å². The van der Waals surface area contributed by atoms with E-state index in [-0.39, 0.29) is 41.3 Å². The fourth-order valence-corrected chi connectivity index (χ4v) is 17.1. The molecule has 6 aliphatic heterocycles. The van der Waals surface area contributed by atoms with Crippen molar-refractivity contribution in [3.63, 3.8) is 0 Å². The molecule has 4 aliphatic carbocycles. The highest BCUT2D eigenvalue weighted by Gasteiger charge is 2.69. The summed E-state index contributed by atoms with van der Waals surface area (Å²) in [6, 6.07) is 0. The van der Waals surface area contributed by atoms with Crippen LogP contribution < -0.4 is 0 Å². The number of hydrogen-bond acceptors (Lipinski definition) is 27. The number of aliphatic hydroxyl groups is 13. The number of hydrogen-bond donors (Lipinski definition) is 13. The van der Waals surface area contributed by atoms with Gasteiger partial charge in [-0.1, -0.05) is 46.3 Å². The number of allylic oxidation sites excluding steroid dienone is 1. The Morgan fingerprint density at radius 1 is 0.636 bits per heavy atom. The molecule has 0 aromatic heterocycles. The van der Waals surface area contributed by atoms with Crippen molar-refractivity contribution >= 4 is 5.97 Å². The summed E-state index contributed by atoms with van der Waals surface area (Å²) in [6.07, 6.45) is -27.8. The molecular weight excluding hydrogens is 1160 g/mol. The topological polar surface area (TPSA) is 400 Å². The molecule has 0 bridgehead atoms. The molecular formula is C61H100O27. The summed E-state index contributed by atoms with van der Waals surface area (Å²) in [6.45, 7) is 13.3. The van der Waals surface area contributed by atoms with Crippen LogP contribution in [0.25, 0.3) is 0 Å². The molecule has 27 nitrogen and oxygen atoms in total. The second-order valence-electron chi connectivity index (χ2n) is 27.8. The first-order chi connectivity index (χ1) is 41.6. The summed E-state index contributed by atoms with van der Waals surface area (Å²) in [5, 5.41) is 141. The number of rotatable bonds is 19. The van der Waals surface area contributed by atoms with Gasteiger partial charge in [0.15, 0.2) is 37.2 Å². The Hall–Kier alpha value is -1.79. The Balaban J connectivity index is 0.844. The largest absolute Gasteiger partial charge is 0.463 e. The van der Waals surface area contributed by atoms with Gasteiger partial charge < -0.3 is 128 Å². The summed E-state index contributed by atoms with van der Waals surface area (Å²) in [5.74, 6) is -0.860. The maximum Gasteiger partial charge on any atom is 0.302 e. The number of carbonyl (C=O) groups is 1. The van der Waals surface area contributed by atoms with Gasteiger partial charge >= 0.3 is 5.97 Å². The lowest BCUT2D eigenvalue weighted by Crippen LogP contribution is -2.67. The molecule has 6 unspecified atom stereocenters. The Bertz CT molecular complexity index is 2350. The van der Waals surface area contributed by atoms with Crippen LogP contribution >= 0.6 is 0 Å². The van der Waals surface area contributed by atoms with Crippen molar-refractivity contribution in [2.75, 3.05) is 33.5 Å². The monoisotopic (exact) mass is 1260 g/mol. The molecule has 0 aromatic carbocycles. The number of fused-ring (bicyclic) bond motifs is 7. The second kappa shape index (κ2) is 27.5. The maximum absolute atomic E-state index is 12.3. The van der Waals surface area contributed by atoms with E-state index in [1.54, 1.807) is 14.0 Å². The fraction of sp³-hybridized carbons (Fsp3) is 0.951. The molecule has 506 valence electrons. The molecule has 6 saturated heterocycles. The SMILES string of the molecule is CO[C@]1(CC[C@H](C)CO[C@H]2O[C@@H](CO)[C@H](O)[C@@H](O)[C@@H]2O)OC2CC3C4CC=C5C[C@@H](O[C@@H]6O[C@H](COC(C)=O)[C@@H](O)[C@H](O[C@@H]7O[C@@H](C)[C@H](O)[C@@H](O[C@@H]8O[C@H](CO)[C@@H](C)[C@H](O)[C@H]8O)[C@H]7O)[C@H]6O[C@H]6O[C@@H](C)[C@H](O)[C@@H](O)[C@H]6O)CC[C@]5(C)C4CC[C@]3(C)C2C1C. The molecule has 88 heavy (non-hydrogen) atoms. The van der Waals surface area contributed by atoms with Crippen LogP contribution in [0.4, 0.5) is 0 Å². The van der Waals surface area contributed by atoms with E-state index in [0.717, 1.165) is 32.1 Å². The van der Waals surface area contributed by atoms with E-state index in [2.05, 4.69) is 26.8 Å². The van der Waals surface area contributed by atoms with Crippen LogP contribution in [0.1, 0.15) is 113 Å². The summed E-state index contributed by atoms with van der Waals surface area (Å²) in [7, 11) is 1.71. The molecule has 10 aliphatic rings. The summed E-state index contributed by atoms with van der Waals surface area (Å²) in [5.41, 5.74) is 0.997. The van der Waals surface area contributed by atoms with Gasteiger partial charge in [0.1, 0.15) is 98.2 Å². The lowest BCUT2D eigenvalue weighted by atomic mass is 9.47. The molecule has 10 rings (SSSR count). The van der Waals surface area contributed by atoms with Crippen LogP contribution in [0.15, 0.2) is 11.6 Å². The second-order valence-corrected chi connectivity index (χ2v) is 27.8. The number of carbonyl (C=O) groups excluding carboxylic acids is 1. The van der Waals surface area contributed by atoms with E-state index < -0.39 is 191 Å². The molecule has 0 radical (unpaired) electrons. The van der Waals surface area contributed by atoms with Crippen molar-refractivity contribution in [1.29, 1.82) is 0 Å². The van der Waals surface area contributed by atoms with Gasteiger partial charge in [-0.25, -0.2) is 0 Å². The Labute approximate surface area is 513 Å². The van der Waals surface area contributed by atoms with E-state index in [0.29, 0.717) is 43.4 Å². The van der Waals surface area contributed by atoms with Crippen LogP contribution in [0.5, 0.6) is 0 Å². The highest BCUT2D eigenvalue weighted by molar-refractivity contribution is 5.65. The van der Waals surface area contributed by atoms with Crippen LogP contribution in [-0.2, 0) is 66.4 Å². The molecule has 3 saturated carbocycles. The highest BCUT2D eigenvalue weighted by atomic mass is 16.8. The lowest BCUT2D eigenvalue weighted by Gasteiger charge is -2.58. The van der Waals surface area contributed by atoms with Crippen molar-refractivity contribution in [3.05, 3.63) is 11.6 Å². The first-order valence-corrected chi connectivity index (χ1v) is 31.9. The standard InChI is InChI=1S/C61H100O27/c1-24(22-78-54-48(73)46(71)43(68)37(21-63)83-54)12-17-61(76-9)26(3)39-35(88-61)19-34-32-11-10-30-18-31(13-15-59(30,7)33(32)14-16-60(34,39)8)81-58-53(87-55-49(74)45(70)41(66)27(4)79-55)52(44(69)38(84-58)23-77-29(6)64)86-57-50(75)51(42(67)28(5)80-57)85-56-47(72)40(65)25(2)36(20-62)82-56/h10,24-28,31-58,62-63,65-75H,11-23H2,1-9H3/t24-,25+,26?,27-,28-,31-,32?,33?,34?,35?,36+,37-,38+,39?,40-,41-,42-,43-,44+,45+,46+,47+,48-,49+,50+,51+,52-,53+,54-,55+,56-,57-,58+,59-,60-,61+/m0/s1. The first-order valence-electron chi connectivity index (χ1n) is 31.9. The van der Waals surface area contributed by atoms with Crippen LogP contribution in [0.2, 0.25) is 0 Å². The van der Waals surface area contributed by atoms with E-state index in [4.69, 9.17) is 61.6 Å². The third-order valence-corrected chi connectivity index (χ3v) is 22.6. The van der Waals surface area contributed by atoms with Crippen molar-refractivity contribution < 1.29 is 133 Å². The fourth-order valence-electron chi connectivity index (χ4n) is 17.1. The van der Waals surface area contributed by atoms with Crippen molar-refractivity contribution in [2.24, 2.45) is 52.3 Å². The highest BCUT2D eigenvalue weighted by Crippen LogP contribution is 2.70. The molecule has 9 fully saturated rings. The van der Waals surface area contributed by atoms with Crippen LogP contribution in [0.3, 0.4) is 0 Å². The van der Waals surface area contributed by atoms with E-state index in [1.165, 1.54) is 26.3 Å². The van der Waals surface area contributed by atoms with Gasteiger partial charge in [0, 0.05) is 32.3 Å². The minimum absolute atomic E-state index is 0.0209. The summed E-state index contributed by atoms with van der Waals surface area (Å²) in [4.78, 5) is 12.3. The van der Waals surface area contributed by atoms with Crippen molar-refractivity contribution in [1.82, 2.24) is 0 Å². The van der Waals surface area contributed by atoms with Gasteiger partial charge in [0.05, 0.1) is 56.4 Å². The molecule has 0 amide bonds. The molecule has 27 heteroatoms. The van der Waals surface area contributed by atoms with E-state index >= 15 is 0 Å².